The maximum Gasteiger partial charge on any atom is 0.271 e. The molecule has 8 heteroatoms. The Morgan fingerprint density at radius 3 is 2.44 bits per heavy atom. The van der Waals surface area contributed by atoms with Gasteiger partial charge in [-0.05, 0) is 81.0 Å². The molecular formula is C33H44N4O4. The highest BCUT2D eigenvalue weighted by atomic mass is 16.5. The summed E-state index contributed by atoms with van der Waals surface area (Å²) in [5.41, 5.74) is 1.34. The summed E-state index contributed by atoms with van der Waals surface area (Å²) in [4.78, 5) is 32.3. The highest BCUT2D eigenvalue weighted by Crippen LogP contribution is 2.35. The number of hydrogen-bond acceptors (Lipinski definition) is 5. The van der Waals surface area contributed by atoms with E-state index < -0.39 is 5.54 Å². The average molecular weight is 561 g/mol. The van der Waals surface area contributed by atoms with E-state index in [0.29, 0.717) is 43.8 Å². The molecule has 3 atom stereocenters. The van der Waals surface area contributed by atoms with Gasteiger partial charge in [-0.25, -0.2) is 0 Å². The topological polar surface area (TPSA) is 76.0 Å². The van der Waals surface area contributed by atoms with Crippen molar-refractivity contribution >= 4 is 22.7 Å². The number of benzene rings is 2. The molecule has 1 N–H and O–H groups in total. The fourth-order valence-electron chi connectivity index (χ4n) is 6.62. The van der Waals surface area contributed by atoms with Crippen LogP contribution in [0.2, 0.25) is 0 Å². The molecule has 0 spiro atoms. The SMILES string of the molecule is CCOc1ccc(CN2C(=O)c3cc4ccc(OC)cc4n3C[C@]2(C)C(=O)NCCCN2C[C@@H](C)C[C@H](C)C2)cc1. The lowest BCUT2D eigenvalue weighted by molar-refractivity contribution is -0.133. The number of rotatable bonds is 10. The number of aromatic nitrogens is 1. The number of hydrogen-bond donors (Lipinski definition) is 1. The minimum atomic E-state index is -1.08. The van der Waals surface area contributed by atoms with Crippen LogP contribution in [-0.2, 0) is 17.9 Å². The molecule has 2 amide bonds. The first-order valence-corrected chi connectivity index (χ1v) is 14.9. The molecule has 0 bridgehead atoms. The molecule has 0 radical (unpaired) electrons. The Morgan fingerprint density at radius 2 is 1.76 bits per heavy atom. The number of methoxy groups -OCH3 is 1. The molecule has 1 aromatic heterocycles. The first-order chi connectivity index (χ1) is 19.7. The van der Waals surface area contributed by atoms with Gasteiger partial charge in [0.15, 0.2) is 0 Å². The van der Waals surface area contributed by atoms with Crippen LogP contribution in [0.25, 0.3) is 10.9 Å². The van der Waals surface area contributed by atoms with E-state index in [4.69, 9.17) is 9.47 Å². The van der Waals surface area contributed by atoms with Gasteiger partial charge in [-0.1, -0.05) is 26.0 Å². The van der Waals surface area contributed by atoms with Crippen LogP contribution in [-0.4, -0.2) is 71.6 Å². The van der Waals surface area contributed by atoms with Crippen LogP contribution < -0.4 is 14.8 Å². The van der Waals surface area contributed by atoms with Crippen LogP contribution >= 0.6 is 0 Å². The highest BCUT2D eigenvalue weighted by Gasteiger charge is 2.47. The molecule has 41 heavy (non-hydrogen) atoms. The quantitative estimate of drug-likeness (QED) is 0.355. The lowest BCUT2D eigenvalue weighted by atomic mass is 9.92. The summed E-state index contributed by atoms with van der Waals surface area (Å²) in [6, 6.07) is 15.5. The van der Waals surface area contributed by atoms with E-state index in [9.17, 15) is 9.59 Å². The Hall–Kier alpha value is -3.52. The van der Waals surface area contributed by atoms with E-state index in [1.54, 1.807) is 12.0 Å². The van der Waals surface area contributed by atoms with E-state index in [0.717, 1.165) is 54.0 Å². The molecule has 0 saturated carbocycles. The monoisotopic (exact) mass is 560 g/mol. The smallest absolute Gasteiger partial charge is 0.271 e. The Balaban J connectivity index is 1.38. The van der Waals surface area contributed by atoms with E-state index in [2.05, 4.69) is 24.1 Å². The number of nitrogens with zero attached hydrogens (tertiary/aromatic N) is 3. The Bertz CT molecular complexity index is 1370. The van der Waals surface area contributed by atoms with Crippen LogP contribution in [0.5, 0.6) is 11.5 Å². The molecule has 8 nitrogen and oxygen atoms in total. The second-order valence-corrected chi connectivity index (χ2v) is 12.1. The van der Waals surface area contributed by atoms with Gasteiger partial charge in [-0.15, -0.1) is 0 Å². The standard InChI is InChI=1S/C33H44N4O4/c1-6-41-27-11-8-25(9-12-27)21-37-31(38)30-17-26-10-13-28(40-5)18-29(26)36(30)22-33(37,4)32(39)34-14-7-15-35-19-23(2)16-24(3)20-35/h8-13,17-18,23-24H,6-7,14-16,19-22H2,1-5H3,(H,34,39)/t23-,24-,33+/m0/s1. The molecular weight excluding hydrogens is 516 g/mol. The second kappa shape index (κ2) is 12.1. The largest absolute Gasteiger partial charge is 0.497 e. The van der Waals surface area contributed by atoms with Crippen molar-refractivity contribution in [2.24, 2.45) is 11.8 Å². The van der Waals surface area contributed by atoms with Gasteiger partial charge in [-0.3, -0.25) is 9.59 Å². The molecule has 3 heterocycles. The van der Waals surface area contributed by atoms with Gasteiger partial charge in [0.05, 0.1) is 25.8 Å². The number of carbonyl (C=O) groups excluding carboxylic acids is 2. The van der Waals surface area contributed by atoms with Gasteiger partial charge in [0.25, 0.3) is 5.91 Å². The molecule has 1 fully saturated rings. The molecule has 2 aliphatic heterocycles. The zero-order valence-corrected chi connectivity index (χ0v) is 25.1. The molecule has 5 rings (SSSR count). The predicted molar refractivity (Wildman–Crippen MR) is 161 cm³/mol. The fourth-order valence-corrected chi connectivity index (χ4v) is 6.62. The van der Waals surface area contributed by atoms with Crippen molar-refractivity contribution in [1.82, 2.24) is 19.7 Å². The van der Waals surface area contributed by atoms with Crippen molar-refractivity contribution in [1.29, 1.82) is 0 Å². The van der Waals surface area contributed by atoms with Crippen molar-refractivity contribution in [3.05, 3.63) is 59.8 Å². The van der Waals surface area contributed by atoms with Gasteiger partial charge in [0.1, 0.15) is 22.7 Å². The van der Waals surface area contributed by atoms with Crippen LogP contribution in [0.3, 0.4) is 0 Å². The molecule has 2 aliphatic rings. The number of amides is 2. The number of nitrogens with one attached hydrogen (secondary N) is 1. The van der Waals surface area contributed by atoms with Crippen molar-refractivity contribution < 1.29 is 19.1 Å². The molecule has 1 saturated heterocycles. The summed E-state index contributed by atoms with van der Waals surface area (Å²) < 4.78 is 13.0. The van der Waals surface area contributed by atoms with Crippen molar-refractivity contribution in [3.8, 4) is 11.5 Å². The average Bonchev–Trinajstić information content (AvgIpc) is 3.31. The summed E-state index contributed by atoms with van der Waals surface area (Å²) in [5.74, 6) is 2.63. The summed E-state index contributed by atoms with van der Waals surface area (Å²) in [7, 11) is 1.63. The number of fused-ring (bicyclic) bond motifs is 3. The number of ether oxygens (including phenoxy) is 2. The lowest BCUT2D eigenvalue weighted by Crippen LogP contribution is -2.63. The van der Waals surface area contributed by atoms with E-state index in [-0.39, 0.29) is 11.8 Å². The van der Waals surface area contributed by atoms with E-state index in [1.165, 1.54) is 6.42 Å². The number of carbonyl (C=O) groups is 2. The highest BCUT2D eigenvalue weighted by molar-refractivity contribution is 6.03. The van der Waals surface area contributed by atoms with Gasteiger partial charge in [0.2, 0.25) is 5.91 Å². The third-order valence-corrected chi connectivity index (χ3v) is 8.58. The second-order valence-electron chi connectivity index (χ2n) is 12.1. The summed E-state index contributed by atoms with van der Waals surface area (Å²) in [6.45, 7) is 13.5. The van der Waals surface area contributed by atoms with Crippen molar-refractivity contribution in [2.75, 3.05) is 39.9 Å². The zero-order chi connectivity index (χ0) is 29.1. The summed E-state index contributed by atoms with van der Waals surface area (Å²) in [6.07, 6.45) is 2.16. The van der Waals surface area contributed by atoms with Crippen LogP contribution in [0.1, 0.15) is 56.6 Å². The number of likely N-dealkylation sites (tertiary alicyclic amines) is 1. The molecule has 0 unspecified atom stereocenters. The molecule has 0 aliphatic carbocycles. The predicted octanol–water partition coefficient (Wildman–Crippen LogP) is 4.95. The van der Waals surface area contributed by atoms with E-state index >= 15 is 0 Å². The molecule has 3 aromatic rings. The fraction of sp³-hybridized carbons (Fsp3) is 0.515. The Labute approximate surface area is 243 Å². The Morgan fingerprint density at radius 1 is 1.05 bits per heavy atom. The first-order valence-electron chi connectivity index (χ1n) is 14.9. The normalized spacial score (nSPS) is 23.0. The third kappa shape index (κ3) is 6.08. The number of piperidine rings is 1. The first kappa shape index (κ1) is 29.0. The minimum absolute atomic E-state index is 0.132. The van der Waals surface area contributed by atoms with Gasteiger partial charge in [-0.2, -0.15) is 0 Å². The summed E-state index contributed by atoms with van der Waals surface area (Å²) >= 11 is 0. The molecule has 2 aromatic carbocycles. The molecule has 220 valence electrons. The van der Waals surface area contributed by atoms with Crippen LogP contribution in [0.15, 0.2) is 48.5 Å². The Kier molecular flexibility index (Phi) is 8.59. The minimum Gasteiger partial charge on any atom is -0.497 e. The summed E-state index contributed by atoms with van der Waals surface area (Å²) in [5, 5.41) is 4.14. The van der Waals surface area contributed by atoms with Gasteiger partial charge in [0, 0.05) is 37.6 Å². The van der Waals surface area contributed by atoms with Crippen molar-refractivity contribution in [2.45, 2.75) is 59.2 Å². The van der Waals surface area contributed by atoms with Crippen LogP contribution in [0, 0.1) is 11.8 Å². The van der Waals surface area contributed by atoms with E-state index in [1.807, 2.05) is 66.9 Å². The third-order valence-electron chi connectivity index (χ3n) is 8.58. The zero-order valence-electron chi connectivity index (χ0n) is 25.1. The van der Waals surface area contributed by atoms with Crippen LogP contribution in [0.4, 0.5) is 0 Å². The van der Waals surface area contributed by atoms with Gasteiger partial charge >= 0.3 is 0 Å². The van der Waals surface area contributed by atoms with Gasteiger partial charge < -0.3 is 29.2 Å². The lowest BCUT2D eigenvalue weighted by Gasteiger charge is -2.44. The van der Waals surface area contributed by atoms with Crippen molar-refractivity contribution in [3.63, 3.8) is 0 Å². The maximum atomic E-state index is 14.1. The maximum absolute atomic E-state index is 14.1.